The molecule has 6 heteroatoms. The summed E-state index contributed by atoms with van der Waals surface area (Å²) in [6.07, 6.45) is 0.586. The van der Waals surface area contributed by atoms with Crippen LogP contribution in [0.3, 0.4) is 0 Å². The molecule has 1 saturated carbocycles. The van der Waals surface area contributed by atoms with Crippen LogP contribution >= 0.6 is 11.6 Å². The van der Waals surface area contributed by atoms with Gasteiger partial charge in [0.25, 0.3) is 0 Å². The second-order valence-electron chi connectivity index (χ2n) is 5.16. The Morgan fingerprint density at radius 3 is 2.72 bits per heavy atom. The van der Waals surface area contributed by atoms with Gasteiger partial charge in [-0.25, -0.2) is 0 Å². The van der Waals surface area contributed by atoms with Crippen molar-refractivity contribution in [2.75, 3.05) is 0 Å². The second-order valence-corrected chi connectivity index (χ2v) is 5.69. The van der Waals surface area contributed by atoms with E-state index in [0.29, 0.717) is 12.1 Å². The molecule has 0 bridgehead atoms. The van der Waals surface area contributed by atoms with Gasteiger partial charge in [0.15, 0.2) is 0 Å². The van der Waals surface area contributed by atoms with Crippen LogP contribution in [0.5, 0.6) is 5.75 Å². The second kappa shape index (κ2) is 4.39. The van der Waals surface area contributed by atoms with E-state index >= 15 is 0 Å². The zero-order chi connectivity index (χ0) is 13.5. The molecule has 18 heavy (non-hydrogen) atoms. The van der Waals surface area contributed by atoms with Crippen LogP contribution in [0, 0.1) is 22.5 Å². The molecule has 2 rings (SSSR count). The fraction of sp³-hybridized carbons (Fsp3) is 0.583. The molecule has 2 atom stereocenters. The standard InChI is InChI=1S/C12H15ClN2O3/c1-7-4-5-8(11(14-7)15(16)17)18-10-6-9(13)12(10,2)3/h4-5,9-10H,6H2,1-3H3. The Kier molecular flexibility index (Phi) is 3.19. The first-order chi connectivity index (χ1) is 8.32. The van der Waals surface area contributed by atoms with E-state index in [1.165, 1.54) is 0 Å². The van der Waals surface area contributed by atoms with Gasteiger partial charge in [0.1, 0.15) is 11.8 Å². The summed E-state index contributed by atoms with van der Waals surface area (Å²) in [6.45, 7) is 5.69. The van der Waals surface area contributed by atoms with Gasteiger partial charge >= 0.3 is 5.82 Å². The van der Waals surface area contributed by atoms with E-state index in [1.807, 2.05) is 13.8 Å². The highest BCUT2D eigenvalue weighted by Crippen LogP contribution is 2.47. The normalized spacial score (nSPS) is 25.3. The third-order valence-corrected chi connectivity index (χ3v) is 4.22. The summed E-state index contributed by atoms with van der Waals surface area (Å²) in [6, 6.07) is 3.30. The van der Waals surface area contributed by atoms with E-state index in [9.17, 15) is 10.1 Å². The molecule has 0 aliphatic heterocycles. The topological polar surface area (TPSA) is 65.3 Å². The van der Waals surface area contributed by atoms with E-state index in [-0.39, 0.29) is 28.5 Å². The van der Waals surface area contributed by atoms with Crippen molar-refractivity contribution in [3.8, 4) is 5.75 Å². The molecule has 0 N–H and O–H groups in total. The largest absolute Gasteiger partial charge is 0.482 e. The fourth-order valence-corrected chi connectivity index (χ4v) is 2.25. The molecule has 0 aromatic carbocycles. The monoisotopic (exact) mass is 270 g/mol. The zero-order valence-electron chi connectivity index (χ0n) is 10.5. The Morgan fingerprint density at radius 1 is 1.56 bits per heavy atom. The van der Waals surface area contributed by atoms with Crippen molar-refractivity contribution in [1.82, 2.24) is 4.98 Å². The highest BCUT2D eigenvalue weighted by Gasteiger charge is 2.49. The van der Waals surface area contributed by atoms with Crippen LogP contribution in [0.2, 0.25) is 0 Å². The molecular weight excluding hydrogens is 256 g/mol. The van der Waals surface area contributed by atoms with Crippen molar-refractivity contribution < 1.29 is 9.66 Å². The minimum Gasteiger partial charge on any atom is -0.482 e. The lowest BCUT2D eigenvalue weighted by Crippen LogP contribution is -2.53. The number of pyridine rings is 1. The summed E-state index contributed by atoms with van der Waals surface area (Å²) in [5.74, 6) is -0.0175. The third-order valence-electron chi connectivity index (χ3n) is 3.48. The molecule has 1 heterocycles. The first-order valence-corrected chi connectivity index (χ1v) is 6.18. The van der Waals surface area contributed by atoms with Crippen molar-refractivity contribution in [1.29, 1.82) is 0 Å². The maximum atomic E-state index is 10.9. The number of hydrogen-bond donors (Lipinski definition) is 0. The van der Waals surface area contributed by atoms with Crippen LogP contribution in [0.1, 0.15) is 26.0 Å². The number of ether oxygens (including phenoxy) is 1. The lowest BCUT2D eigenvalue weighted by atomic mass is 9.68. The van der Waals surface area contributed by atoms with Gasteiger partial charge in [-0.3, -0.25) is 0 Å². The summed E-state index contributed by atoms with van der Waals surface area (Å²) in [7, 11) is 0. The number of aryl methyl sites for hydroxylation is 1. The molecule has 1 aliphatic carbocycles. The minimum atomic E-state index is -0.522. The lowest BCUT2D eigenvalue weighted by molar-refractivity contribution is -0.391. The quantitative estimate of drug-likeness (QED) is 0.481. The van der Waals surface area contributed by atoms with Gasteiger partial charge in [0, 0.05) is 24.1 Å². The van der Waals surface area contributed by atoms with Crippen molar-refractivity contribution in [2.24, 2.45) is 5.41 Å². The van der Waals surface area contributed by atoms with Crippen LogP contribution in [0.4, 0.5) is 5.82 Å². The molecule has 0 amide bonds. The minimum absolute atomic E-state index is 0.0416. The highest BCUT2D eigenvalue weighted by molar-refractivity contribution is 6.21. The van der Waals surface area contributed by atoms with Crippen LogP contribution in [0.25, 0.3) is 0 Å². The predicted octanol–water partition coefficient (Wildman–Crippen LogP) is 3.08. The van der Waals surface area contributed by atoms with E-state index < -0.39 is 4.92 Å². The molecule has 1 aromatic rings. The average Bonchev–Trinajstić information content (AvgIpc) is 2.30. The number of hydrogen-bond acceptors (Lipinski definition) is 4. The summed E-state index contributed by atoms with van der Waals surface area (Å²) in [5, 5.41) is 11.0. The average molecular weight is 271 g/mol. The van der Waals surface area contributed by atoms with Crippen molar-refractivity contribution in [3.05, 3.63) is 27.9 Å². The summed E-state index contributed by atoms with van der Waals surface area (Å²) < 4.78 is 5.69. The highest BCUT2D eigenvalue weighted by atomic mass is 35.5. The molecule has 5 nitrogen and oxygen atoms in total. The Labute approximate surface area is 110 Å². The van der Waals surface area contributed by atoms with Crippen molar-refractivity contribution in [2.45, 2.75) is 38.7 Å². The zero-order valence-corrected chi connectivity index (χ0v) is 11.3. The number of nitro groups is 1. The maximum Gasteiger partial charge on any atom is 0.406 e. The SMILES string of the molecule is Cc1ccc(OC2CC(Cl)C2(C)C)c([N+](=O)[O-])n1. The number of rotatable bonds is 3. The number of aromatic nitrogens is 1. The molecule has 0 saturated heterocycles. The van der Waals surface area contributed by atoms with E-state index in [2.05, 4.69) is 4.98 Å². The van der Waals surface area contributed by atoms with Crippen LogP contribution in [-0.4, -0.2) is 21.4 Å². The molecule has 1 aliphatic rings. The van der Waals surface area contributed by atoms with Gasteiger partial charge in [-0.2, -0.15) is 0 Å². The molecule has 1 aromatic heterocycles. The van der Waals surface area contributed by atoms with Crippen LogP contribution in [-0.2, 0) is 0 Å². The molecule has 0 radical (unpaired) electrons. The van der Waals surface area contributed by atoms with Crippen LogP contribution in [0.15, 0.2) is 12.1 Å². The molecule has 0 spiro atoms. The third kappa shape index (κ3) is 2.14. The maximum absolute atomic E-state index is 10.9. The summed E-state index contributed by atoms with van der Waals surface area (Å²) >= 11 is 6.10. The number of halogens is 1. The number of nitrogens with zero attached hydrogens (tertiary/aromatic N) is 2. The van der Waals surface area contributed by atoms with E-state index in [0.717, 1.165) is 0 Å². The first-order valence-electron chi connectivity index (χ1n) is 5.75. The Bertz CT molecular complexity index is 490. The first kappa shape index (κ1) is 13.1. The van der Waals surface area contributed by atoms with Gasteiger partial charge in [0.05, 0.1) is 0 Å². The smallest absolute Gasteiger partial charge is 0.406 e. The Morgan fingerprint density at radius 2 is 2.22 bits per heavy atom. The van der Waals surface area contributed by atoms with Crippen molar-refractivity contribution >= 4 is 17.4 Å². The van der Waals surface area contributed by atoms with Gasteiger partial charge in [-0.15, -0.1) is 11.6 Å². The van der Waals surface area contributed by atoms with Gasteiger partial charge in [-0.05, 0) is 22.0 Å². The molecule has 2 unspecified atom stereocenters. The van der Waals surface area contributed by atoms with Gasteiger partial charge in [-0.1, -0.05) is 13.8 Å². The fourth-order valence-electron chi connectivity index (χ4n) is 1.94. The Balaban J connectivity index is 2.23. The Hall–Kier alpha value is -1.36. The van der Waals surface area contributed by atoms with Gasteiger partial charge in [0.2, 0.25) is 5.75 Å². The summed E-state index contributed by atoms with van der Waals surface area (Å²) in [4.78, 5) is 14.3. The summed E-state index contributed by atoms with van der Waals surface area (Å²) in [5.41, 5.74) is 0.414. The van der Waals surface area contributed by atoms with Crippen LogP contribution < -0.4 is 4.74 Å². The predicted molar refractivity (Wildman–Crippen MR) is 68.1 cm³/mol. The molecule has 98 valence electrons. The van der Waals surface area contributed by atoms with Crippen molar-refractivity contribution in [3.63, 3.8) is 0 Å². The van der Waals surface area contributed by atoms with Gasteiger partial charge < -0.3 is 14.9 Å². The molecule has 1 fully saturated rings. The molecular formula is C12H15ClN2O3. The lowest BCUT2D eigenvalue weighted by Gasteiger charge is -2.48. The van der Waals surface area contributed by atoms with E-state index in [4.69, 9.17) is 16.3 Å². The van der Waals surface area contributed by atoms with E-state index in [1.54, 1.807) is 19.1 Å². The number of alkyl halides is 1.